The smallest absolute Gasteiger partial charge is 0.119 e. The quantitative estimate of drug-likeness (QED) is 0.315. The van der Waals surface area contributed by atoms with Gasteiger partial charge in [0, 0.05) is 0 Å². The van der Waals surface area contributed by atoms with Crippen molar-refractivity contribution >= 4 is 23.8 Å². The van der Waals surface area contributed by atoms with Crippen LogP contribution in [0.1, 0.15) is 76.0 Å². The SMILES string of the molecule is COc1ccc(P(c2ccc(OC)cc2C(C)C)c2ccc(OC)cc2C(C)C)c(C(C)C)c1. The van der Waals surface area contributed by atoms with Crippen LogP contribution >= 0.6 is 7.92 Å². The average Bonchev–Trinajstić information content (AvgIpc) is 2.84. The Morgan fingerprint density at radius 3 is 0.941 bits per heavy atom. The minimum atomic E-state index is -0.825. The van der Waals surface area contributed by atoms with E-state index in [1.807, 2.05) is 0 Å². The van der Waals surface area contributed by atoms with E-state index in [0.717, 1.165) is 17.2 Å². The summed E-state index contributed by atoms with van der Waals surface area (Å²) in [4.78, 5) is 0. The molecule has 0 N–H and O–H groups in total. The maximum absolute atomic E-state index is 5.61. The number of methoxy groups -OCH3 is 3. The molecule has 0 aliphatic carbocycles. The second-order valence-corrected chi connectivity index (χ2v) is 11.7. The Balaban J connectivity index is 2.41. The Labute approximate surface area is 207 Å². The van der Waals surface area contributed by atoms with Crippen molar-refractivity contribution in [3.8, 4) is 17.2 Å². The number of ether oxygens (including phenoxy) is 3. The van der Waals surface area contributed by atoms with Gasteiger partial charge in [-0.05, 0) is 113 Å². The van der Waals surface area contributed by atoms with Crippen LogP contribution in [0.15, 0.2) is 54.6 Å². The second kappa shape index (κ2) is 11.3. The van der Waals surface area contributed by atoms with E-state index in [1.165, 1.54) is 32.6 Å². The standard InChI is InChI=1S/C30H39O3P/c1-19(2)25-16-22(31-7)10-13-28(25)34(29-14-11-23(32-8)17-26(29)20(3)4)30-15-12-24(33-9)18-27(30)21(5)6/h10-21H,1-9H3. The van der Waals surface area contributed by atoms with Gasteiger partial charge in [-0.3, -0.25) is 0 Å². The largest absolute Gasteiger partial charge is 0.497 e. The Morgan fingerprint density at radius 2 is 0.735 bits per heavy atom. The van der Waals surface area contributed by atoms with Gasteiger partial charge >= 0.3 is 0 Å². The molecule has 4 heteroatoms. The molecule has 0 fully saturated rings. The molecule has 3 nitrogen and oxygen atoms in total. The summed E-state index contributed by atoms with van der Waals surface area (Å²) in [6.45, 7) is 13.6. The highest BCUT2D eigenvalue weighted by Gasteiger charge is 2.27. The maximum atomic E-state index is 5.61. The zero-order valence-corrected chi connectivity index (χ0v) is 23.0. The van der Waals surface area contributed by atoms with Crippen LogP contribution in [0, 0.1) is 0 Å². The Morgan fingerprint density at radius 1 is 0.471 bits per heavy atom. The van der Waals surface area contributed by atoms with Crippen LogP contribution in [-0.2, 0) is 0 Å². The molecule has 0 bridgehead atoms. The van der Waals surface area contributed by atoms with Crippen LogP contribution in [-0.4, -0.2) is 21.3 Å². The highest BCUT2D eigenvalue weighted by molar-refractivity contribution is 7.80. The molecule has 0 unspecified atom stereocenters. The Bertz CT molecular complexity index is 977. The Hall–Kier alpha value is -2.51. The zero-order chi connectivity index (χ0) is 25.0. The number of hydrogen-bond donors (Lipinski definition) is 0. The van der Waals surface area contributed by atoms with Crippen LogP contribution in [0.2, 0.25) is 0 Å². The lowest BCUT2D eigenvalue weighted by Crippen LogP contribution is -2.28. The van der Waals surface area contributed by atoms with Crippen molar-refractivity contribution in [3.05, 3.63) is 71.3 Å². The molecule has 0 aromatic heterocycles. The van der Waals surface area contributed by atoms with Crippen molar-refractivity contribution in [2.45, 2.75) is 59.3 Å². The molecule has 182 valence electrons. The molecular weight excluding hydrogens is 439 g/mol. The van der Waals surface area contributed by atoms with Crippen molar-refractivity contribution in [3.63, 3.8) is 0 Å². The van der Waals surface area contributed by atoms with Gasteiger partial charge in [0.2, 0.25) is 0 Å². The molecule has 3 aromatic carbocycles. The van der Waals surface area contributed by atoms with Gasteiger partial charge in [-0.2, -0.15) is 0 Å². The van der Waals surface area contributed by atoms with Gasteiger partial charge in [0.05, 0.1) is 21.3 Å². The fourth-order valence-electron chi connectivity index (χ4n) is 4.37. The van der Waals surface area contributed by atoms with Crippen molar-refractivity contribution < 1.29 is 14.2 Å². The van der Waals surface area contributed by atoms with Crippen molar-refractivity contribution in [1.29, 1.82) is 0 Å². The molecule has 3 aromatic rings. The van der Waals surface area contributed by atoms with Crippen LogP contribution in [0.5, 0.6) is 17.2 Å². The molecule has 0 saturated carbocycles. The van der Waals surface area contributed by atoms with E-state index in [1.54, 1.807) is 21.3 Å². The fraction of sp³-hybridized carbons (Fsp3) is 0.400. The minimum absolute atomic E-state index is 0.372. The summed E-state index contributed by atoms with van der Waals surface area (Å²) >= 11 is 0. The normalized spacial score (nSPS) is 11.6. The second-order valence-electron chi connectivity index (χ2n) is 9.57. The third-order valence-electron chi connectivity index (χ3n) is 6.29. The van der Waals surface area contributed by atoms with Gasteiger partial charge in [-0.25, -0.2) is 0 Å². The van der Waals surface area contributed by atoms with Gasteiger partial charge in [0.25, 0.3) is 0 Å². The highest BCUT2D eigenvalue weighted by atomic mass is 31.1. The summed E-state index contributed by atoms with van der Waals surface area (Å²) in [5.41, 5.74) is 4.00. The van der Waals surface area contributed by atoms with E-state index < -0.39 is 7.92 Å². The van der Waals surface area contributed by atoms with E-state index in [2.05, 4.69) is 96.1 Å². The fourth-order valence-corrected chi connectivity index (χ4v) is 7.56. The first-order valence-corrected chi connectivity index (χ1v) is 13.4. The molecule has 0 heterocycles. The average molecular weight is 479 g/mol. The molecule has 0 amide bonds. The molecule has 0 radical (unpaired) electrons. The van der Waals surface area contributed by atoms with E-state index in [4.69, 9.17) is 14.2 Å². The van der Waals surface area contributed by atoms with E-state index >= 15 is 0 Å². The monoisotopic (exact) mass is 478 g/mol. The first kappa shape index (κ1) is 26.1. The molecular formula is C30H39O3P. The predicted octanol–water partition coefficient (Wildman–Crippen LogP) is 6.84. The summed E-state index contributed by atoms with van der Waals surface area (Å²) in [6, 6.07) is 19.8. The first-order chi connectivity index (χ1) is 16.2. The van der Waals surface area contributed by atoms with E-state index in [9.17, 15) is 0 Å². The zero-order valence-electron chi connectivity index (χ0n) is 22.1. The third-order valence-corrected chi connectivity index (χ3v) is 8.96. The van der Waals surface area contributed by atoms with Crippen LogP contribution in [0.4, 0.5) is 0 Å². The first-order valence-electron chi connectivity index (χ1n) is 12.1. The van der Waals surface area contributed by atoms with Crippen molar-refractivity contribution in [2.75, 3.05) is 21.3 Å². The maximum Gasteiger partial charge on any atom is 0.119 e. The van der Waals surface area contributed by atoms with Gasteiger partial charge in [0.15, 0.2) is 0 Å². The van der Waals surface area contributed by atoms with Gasteiger partial charge < -0.3 is 14.2 Å². The lowest BCUT2D eigenvalue weighted by molar-refractivity contribution is 0.414. The summed E-state index contributed by atoms with van der Waals surface area (Å²) in [5, 5.41) is 4.14. The van der Waals surface area contributed by atoms with Gasteiger partial charge in [0.1, 0.15) is 17.2 Å². The number of hydrogen-bond acceptors (Lipinski definition) is 3. The van der Waals surface area contributed by atoms with Crippen LogP contribution in [0.25, 0.3) is 0 Å². The molecule has 0 atom stereocenters. The van der Waals surface area contributed by atoms with Gasteiger partial charge in [-0.1, -0.05) is 41.5 Å². The van der Waals surface area contributed by atoms with Crippen molar-refractivity contribution in [1.82, 2.24) is 0 Å². The molecule has 3 rings (SSSR count). The molecule has 0 saturated heterocycles. The minimum Gasteiger partial charge on any atom is -0.497 e. The lowest BCUT2D eigenvalue weighted by atomic mass is 10.0. The predicted molar refractivity (Wildman–Crippen MR) is 147 cm³/mol. The molecule has 34 heavy (non-hydrogen) atoms. The Kier molecular flexibility index (Phi) is 8.66. The molecule has 0 aliphatic rings. The summed E-state index contributed by atoms with van der Waals surface area (Å²) in [7, 11) is 4.39. The van der Waals surface area contributed by atoms with Gasteiger partial charge in [-0.15, -0.1) is 0 Å². The summed E-state index contributed by atoms with van der Waals surface area (Å²) in [5.74, 6) is 3.82. The summed E-state index contributed by atoms with van der Waals surface area (Å²) in [6.07, 6.45) is 0. The van der Waals surface area contributed by atoms with E-state index in [0.29, 0.717) is 17.8 Å². The number of benzene rings is 3. The van der Waals surface area contributed by atoms with Crippen LogP contribution in [0.3, 0.4) is 0 Å². The van der Waals surface area contributed by atoms with Crippen molar-refractivity contribution in [2.24, 2.45) is 0 Å². The van der Waals surface area contributed by atoms with E-state index in [-0.39, 0.29) is 0 Å². The topological polar surface area (TPSA) is 27.7 Å². The molecule has 0 aliphatic heterocycles. The summed E-state index contributed by atoms with van der Waals surface area (Å²) < 4.78 is 16.8. The third kappa shape index (κ3) is 5.41. The highest BCUT2D eigenvalue weighted by Crippen LogP contribution is 2.42. The van der Waals surface area contributed by atoms with Crippen LogP contribution < -0.4 is 30.1 Å². The molecule has 0 spiro atoms. The lowest BCUT2D eigenvalue weighted by Gasteiger charge is -2.30. The number of rotatable bonds is 9.